The SMILES string of the molecule is Cc1cccc(-n2nc(CC(=O)Nc3cccc(Cl)c3)cc2-c2ccc3ncsc3c2)n1. The van der Waals surface area contributed by atoms with Crippen molar-refractivity contribution < 1.29 is 4.79 Å². The van der Waals surface area contributed by atoms with Crippen molar-refractivity contribution in [2.24, 2.45) is 0 Å². The number of hydrogen-bond acceptors (Lipinski definition) is 5. The average Bonchev–Trinajstić information content (AvgIpc) is 3.40. The number of halogens is 1. The van der Waals surface area contributed by atoms with Gasteiger partial charge in [0.1, 0.15) is 0 Å². The monoisotopic (exact) mass is 459 g/mol. The first-order valence-electron chi connectivity index (χ1n) is 9.97. The van der Waals surface area contributed by atoms with Crippen molar-refractivity contribution in [3.8, 4) is 17.1 Å². The number of carbonyl (C=O) groups is 1. The molecule has 0 atom stereocenters. The highest BCUT2D eigenvalue weighted by atomic mass is 35.5. The Kier molecular flexibility index (Phi) is 5.43. The van der Waals surface area contributed by atoms with Gasteiger partial charge in [0.15, 0.2) is 5.82 Å². The van der Waals surface area contributed by atoms with E-state index in [0.29, 0.717) is 22.2 Å². The molecule has 1 N–H and O–H groups in total. The molecule has 5 rings (SSSR count). The summed E-state index contributed by atoms with van der Waals surface area (Å²) in [5.41, 5.74) is 6.83. The fourth-order valence-electron chi connectivity index (χ4n) is 3.49. The van der Waals surface area contributed by atoms with Crippen LogP contribution in [0.15, 0.2) is 72.2 Å². The summed E-state index contributed by atoms with van der Waals surface area (Å²) in [7, 11) is 0. The van der Waals surface area contributed by atoms with Crippen molar-refractivity contribution in [3.05, 3.63) is 88.7 Å². The number of nitrogens with one attached hydrogen (secondary N) is 1. The Bertz CT molecular complexity index is 1440. The van der Waals surface area contributed by atoms with Gasteiger partial charge in [0.2, 0.25) is 5.91 Å². The number of carbonyl (C=O) groups excluding carboxylic acids is 1. The molecule has 0 aliphatic rings. The van der Waals surface area contributed by atoms with Gasteiger partial charge >= 0.3 is 0 Å². The quantitative estimate of drug-likeness (QED) is 0.366. The van der Waals surface area contributed by atoms with E-state index in [1.165, 1.54) is 0 Å². The molecule has 0 aliphatic heterocycles. The van der Waals surface area contributed by atoms with Gasteiger partial charge in [-0.1, -0.05) is 29.8 Å². The van der Waals surface area contributed by atoms with E-state index in [2.05, 4.69) is 21.4 Å². The smallest absolute Gasteiger partial charge is 0.230 e. The highest BCUT2D eigenvalue weighted by Gasteiger charge is 2.16. The normalized spacial score (nSPS) is 11.1. The van der Waals surface area contributed by atoms with E-state index in [-0.39, 0.29) is 12.3 Å². The summed E-state index contributed by atoms with van der Waals surface area (Å²) in [4.78, 5) is 21.6. The number of pyridine rings is 1. The highest BCUT2D eigenvalue weighted by molar-refractivity contribution is 7.16. The van der Waals surface area contributed by atoms with Crippen molar-refractivity contribution in [2.75, 3.05) is 5.32 Å². The van der Waals surface area contributed by atoms with Crippen LogP contribution >= 0.6 is 22.9 Å². The van der Waals surface area contributed by atoms with Gasteiger partial charge < -0.3 is 5.32 Å². The van der Waals surface area contributed by atoms with E-state index in [0.717, 1.165) is 27.2 Å². The molecule has 158 valence electrons. The lowest BCUT2D eigenvalue weighted by Crippen LogP contribution is -2.15. The molecule has 0 fully saturated rings. The summed E-state index contributed by atoms with van der Waals surface area (Å²) in [6, 6.07) is 20.9. The lowest BCUT2D eigenvalue weighted by molar-refractivity contribution is -0.115. The van der Waals surface area contributed by atoms with Crippen molar-refractivity contribution in [2.45, 2.75) is 13.3 Å². The van der Waals surface area contributed by atoms with Gasteiger partial charge in [-0.25, -0.2) is 14.6 Å². The number of hydrogen-bond donors (Lipinski definition) is 1. The van der Waals surface area contributed by atoms with Gasteiger partial charge in [-0.05, 0) is 55.5 Å². The van der Waals surface area contributed by atoms with E-state index in [1.54, 1.807) is 40.3 Å². The molecule has 32 heavy (non-hydrogen) atoms. The molecule has 3 aromatic heterocycles. The summed E-state index contributed by atoms with van der Waals surface area (Å²) in [6.07, 6.45) is 0.126. The van der Waals surface area contributed by atoms with Crippen molar-refractivity contribution in [1.82, 2.24) is 19.7 Å². The molecule has 1 amide bonds. The van der Waals surface area contributed by atoms with Crippen LogP contribution < -0.4 is 5.32 Å². The second-order valence-electron chi connectivity index (χ2n) is 7.34. The van der Waals surface area contributed by atoms with Crippen LogP contribution in [-0.4, -0.2) is 25.7 Å². The number of aryl methyl sites for hydroxylation is 1. The Morgan fingerprint density at radius 2 is 1.97 bits per heavy atom. The Hall–Kier alpha value is -3.55. The standard InChI is InChI=1S/C24H18ClN5OS/c1-15-4-2-7-23(27-15)30-21(16-8-9-20-22(10-16)32-14-26-20)12-19(29-30)13-24(31)28-18-6-3-5-17(25)11-18/h2-12,14H,13H2,1H3,(H,28,31). The van der Waals surface area contributed by atoms with Crippen LogP contribution in [0, 0.1) is 6.92 Å². The number of amides is 1. The molecule has 6 nitrogen and oxygen atoms in total. The first-order chi connectivity index (χ1) is 15.5. The number of thiazole rings is 1. The van der Waals surface area contributed by atoms with Crippen LogP contribution in [0.25, 0.3) is 27.3 Å². The molecule has 2 aromatic carbocycles. The minimum Gasteiger partial charge on any atom is -0.326 e. The molecule has 0 spiro atoms. The molecular formula is C24H18ClN5OS. The first-order valence-corrected chi connectivity index (χ1v) is 11.2. The fourth-order valence-corrected chi connectivity index (χ4v) is 4.40. The molecule has 0 unspecified atom stereocenters. The van der Waals surface area contributed by atoms with Gasteiger partial charge in [0.25, 0.3) is 0 Å². The third kappa shape index (κ3) is 4.26. The van der Waals surface area contributed by atoms with Crippen LogP contribution in [0.4, 0.5) is 5.69 Å². The third-order valence-electron chi connectivity index (χ3n) is 4.93. The Labute approximate surface area is 193 Å². The van der Waals surface area contributed by atoms with Crippen LogP contribution in [0.2, 0.25) is 5.02 Å². The van der Waals surface area contributed by atoms with E-state index in [4.69, 9.17) is 16.7 Å². The molecule has 0 radical (unpaired) electrons. The van der Waals surface area contributed by atoms with E-state index in [1.807, 2.05) is 48.8 Å². The number of aromatic nitrogens is 4. The summed E-state index contributed by atoms with van der Waals surface area (Å²) in [5.74, 6) is 0.532. The van der Waals surface area contributed by atoms with Crippen LogP contribution in [0.5, 0.6) is 0 Å². The van der Waals surface area contributed by atoms with E-state index >= 15 is 0 Å². The van der Waals surface area contributed by atoms with E-state index < -0.39 is 0 Å². The zero-order valence-corrected chi connectivity index (χ0v) is 18.7. The van der Waals surface area contributed by atoms with Crippen LogP contribution in [0.3, 0.4) is 0 Å². The number of anilines is 1. The Morgan fingerprint density at radius 3 is 2.81 bits per heavy atom. The summed E-state index contributed by atoms with van der Waals surface area (Å²) < 4.78 is 2.88. The minimum absolute atomic E-state index is 0.126. The summed E-state index contributed by atoms with van der Waals surface area (Å²) in [5, 5.41) is 8.16. The second-order valence-corrected chi connectivity index (χ2v) is 8.66. The molecule has 0 saturated heterocycles. The number of nitrogens with zero attached hydrogens (tertiary/aromatic N) is 4. The average molecular weight is 460 g/mol. The van der Waals surface area contributed by atoms with Gasteiger partial charge in [-0.2, -0.15) is 5.10 Å². The molecule has 8 heteroatoms. The van der Waals surface area contributed by atoms with Crippen LogP contribution in [0.1, 0.15) is 11.4 Å². The Balaban J connectivity index is 1.51. The largest absolute Gasteiger partial charge is 0.326 e. The van der Waals surface area contributed by atoms with Crippen molar-refractivity contribution in [3.63, 3.8) is 0 Å². The Morgan fingerprint density at radius 1 is 1.09 bits per heavy atom. The maximum absolute atomic E-state index is 12.7. The number of benzene rings is 2. The molecule has 0 saturated carbocycles. The first kappa shape index (κ1) is 20.4. The highest BCUT2D eigenvalue weighted by Crippen LogP contribution is 2.28. The van der Waals surface area contributed by atoms with Crippen molar-refractivity contribution >= 4 is 44.7 Å². The topological polar surface area (TPSA) is 72.7 Å². The molecule has 5 aromatic rings. The third-order valence-corrected chi connectivity index (χ3v) is 5.95. The minimum atomic E-state index is -0.168. The predicted octanol–water partition coefficient (Wildman–Crippen LogP) is 5.69. The van der Waals surface area contributed by atoms with Gasteiger partial charge in [0.05, 0.1) is 33.5 Å². The summed E-state index contributed by atoms with van der Waals surface area (Å²) >= 11 is 7.61. The van der Waals surface area contributed by atoms with Gasteiger partial charge in [-0.15, -0.1) is 11.3 Å². The predicted molar refractivity (Wildman–Crippen MR) is 128 cm³/mol. The molecular weight excluding hydrogens is 442 g/mol. The van der Waals surface area contributed by atoms with Gasteiger partial charge in [0, 0.05) is 22.0 Å². The maximum atomic E-state index is 12.7. The van der Waals surface area contributed by atoms with Gasteiger partial charge in [-0.3, -0.25) is 4.79 Å². The zero-order valence-electron chi connectivity index (χ0n) is 17.1. The number of fused-ring (bicyclic) bond motifs is 1. The molecule has 3 heterocycles. The molecule has 0 aliphatic carbocycles. The lowest BCUT2D eigenvalue weighted by Gasteiger charge is -2.07. The maximum Gasteiger partial charge on any atom is 0.230 e. The summed E-state index contributed by atoms with van der Waals surface area (Å²) in [6.45, 7) is 1.94. The fraction of sp³-hybridized carbons (Fsp3) is 0.0833. The lowest BCUT2D eigenvalue weighted by atomic mass is 10.1. The van der Waals surface area contributed by atoms with Crippen molar-refractivity contribution in [1.29, 1.82) is 0 Å². The second kappa shape index (κ2) is 8.53. The van der Waals surface area contributed by atoms with Crippen LogP contribution in [-0.2, 0) is 11.2 Å². The van der Waals surface area contributed by atoms with E-state index in [9.17, 15) is 4.79 Å². The number of rotatable bonds is 5. The molecule has 0 bridgehead atoms. The zero-order chi connectivity index (χ0) is 22.1.